The number of benzene rings is 2. The molecule has 2 aromatic carbocycles. The average Bonchev–Trinajstić information content (AvgIpc) is 3.63. The van der Waals surface area contributed by atoms with Gasteiger partial charge in [-0.2, -0.15) is 5.10 Å². The number of carbonyl (C=O) groups is 2. The molecule has 0 aliphatic carbocycles. The molecule has 10 heteroatoms. The van der Waals surface area contributed by atoms with Crippen LogP contribution in [-0.4, -0.2) is 69.1 Å². The highest BCUT2D eigenvalue weighted by molar-refractivity contribution is 6.05. The van der Waals surface area contributed by atoms with Crippen LogP contribution >= 0.6 is 0 Å². The van der Waals surface area contributed by atoms with Gasteiger partial charge in [0.2, 0.25) is 0 Å². The van der Waals surface area contributed by atoms with Gasteiger partial charge in [-0.1, -0.05) is 24.3 Å². The lowest BCUT2D eigenvalue weighted by atomic mass is 10.1. The van der Waals surface area contributed by atoms with E-state index in [1.54, 1.807) is 33.6 Å². The molecule has 0 atom stereocenters. The number of carbonyl (C=O) groups excluding carboxylic acids is 2. The number of aryl methyl sites for hydroxylation is 2. The molecule has 4 heterocycles. The maximum atomic E-state index is 13.3. The van der Waals surface area contributed by atoms with Crippen molar-refractivity contribution in [1.82, 2.24) is 29.4 Å². The lowest BCUT2D eigenvalue weighted by Crippen LogP contribution is -2.45. The van der Waals surface area contributed by atoms with Crippen molar-refractivity contribution in [2.75, 3.05) is 43.4 Å². The first-order valence-electron chi connectivity index (χ1n) is 14.0. The fourth-order valence-electron chi connectivity index (χ4n) is 5.34. The van der Waals surface area contributed by atoms with Crippen molar-refractivity contribution in [3.05, 3.63) is 102 Å². The molecule has 1 aliphatic heterocycles. The molecule has 2 N–H and O–H groups in total. The molecule has 0 bridgehead atoms. The van der Waals surface area contributed by atoms with Gasteiger partial charge < -0.3 is 20.4 Å². The summed E-state index contributed by atoms with van der Waals surface area (Å²) >= 11 is 0. The predicted octanol–water partition coefficient (Wildman–Crippen LogP) is 3.98. The summed E-state index contributed by atoms with van der Waals surface area (Å²) in [6.45, 7) is 6.26. The van der Waals surface area contributed by atoms with E-state index in [0.29, 0.717) is 29.1 Å². The van der Waals surface area contributed by atoms with Crippen LogP contribution in [0.4, 0.5) is 11.4 Å². The van der Waals surface area contributed by atoms with Gasteiger partial charge >= 0.3 is 0 Å². The fourth-order valence-corrected chi connectivity index (χ4v) is 5.34. The normalized spacial score (nSPS) is 13.8. The van der Waals surface area contributed by atoms with E-state index in [4.69, 9.17) is 0 Å². The molecule has 1 aliphatic rings. The number of piperazine rings is 1. The number of imidazole rings is 1. The van der Waals surface area contributed by atoms with Crippen molar-refractivity contribution in [2.45, 2.75) is 13.5 Å². The minimum Gasteiger partial charge on any atom is -0.369 e. The molecule has 1 fully saturated rings. The van der Waals surface area contributed by atoms with Crippen LogP contribution < -0.4 is 15.5 Å². The summed E-state index contributed by atoms with van der Waals surface area (Å²) in [5.74, 6) is -0.506. The van der Waals surface area contributed by atoms with Gasteiger partial charge in [-0.3, -0.25) is 18.7 Å². The molecule has 0 spiro atoms. The maximum Gasteiger partial charge on any atom is 0.274 e. The monoisotopic (exact) mass is 562 g/mol. The molecule has 214 valence electrons. The second-order valence-electron chi connectivity index (χ2n) is 10.7. The first-order valence-corrected chi connectivity index (χ1v) is 14.0. The second-order valence-corrected chi connectivity index (χ2v) is 10.7. The number of likely N-dealkylation sites (N-methyl/N-ethyl adjacent to an activating group) is 1. The third kappa shape index (κ3) is 5.48. The predicted molar refractivity (Wildman–Crippen MR) is 164 cm³/mol. The van der Waals surface area contributed by atoms with E-state index < -0.39 is 0 Å². The average molecular weight is 563 g/mol. The van der Waals surface area contributed by atoms with Crippen LogP contribution in [0.25, 0.3) is 16.9 Å². The first-order chi connectivity index (χ1) is 20.4. The van der Waals surface area contributed by atoms with Gasteiger partial charge in [0, 0.05) is 74.7 Å². The van der Waals surface area contributed by atoms with Gasteiger partial charge in [0.25, 0.3) is 11.8 Å². The smallest absolute Gasteiger partial charge is 0.274 e. The van der Waals surface area contributed by atoms with Crippen molar-refractivity contribution in [3.8, 4) is 11.3 Å². The Morgan fingerprint density at radius 2 is 1.74 bits per heavy atom. The molecule has 2 amide bonds. The van der Waals surface area contributed by atoms with Gasteiger partial charge in [0.15, 0.2) is 0 Å². The van der Waals surface area contributed by atoms with Gasteiger partial charge in [-0.15, -0.1) is 0 Å². The molecule has 3 aromatic heterocycles. The summed E-state index contributed by atoms with van der Waals surface area (Å²) in [5, 5.41) is 10.3. The highest BCUT2D eigenvalue weighted by atomic mass is 16.2. The van der Waals surface area contributed by atoms with Crippen molar-refractivity contribution in [3.63, 3.8) is 0 Å². The molecule has 5 aromatic rings. The number of aromatic nitrogens is 4. The molecule has 6 rings (SSSR count). The van der Waals surface area contributed by atoms with E-state index in [9.17, 15) is 9.59 Å². The van der Waals surface area contributed by atoms with E-state index in [1.165, 1.54) is 0 Å². The summed E-state index contributed by atoms with van der Waals surface area (Å²) in [6.07, 6.45) is 5.13. The topological polar surface area (TPSA) is 99.8 Å². The van der Waals surface area contributed by atoms with Crippen molar-refractivity contribution in [2.24, 2.45) is 7.05 Å². The molecule has 10 nitrogen and oxygen atoms in total. The Morgan fingerprint density at radius 3 is 2.52 bits per heavy atom. The van der Waals surface area contributed by atoms with E-state index in [-0.39, 0.29) is 11.8 Å². The summed E-state index contributed by atoms with van der Waals surface area (Å²) < 4.78 is 3.54. The number of hydrogen-bond donors (Lipinski definition) is 2. The zero-order valence-corrected chi connectivity index (χ0v) is 24.0. The van der Waals surface area contributed by atoms with Crippen LogP contribution in [-0.2, 0) is 13.6 Å². The summed E-state index contributed by atoms with van der Waals surface area (Å²) in [7, 11) is 4.02. The van der Waals surface area contributed by atoms with Gasteiger partial charge in [0.05, 0.1) is 11.9 Å². The van der Waals surface area contributed by atoms with E-state index in [1.807, 2.05) is 56.6 Å². The molecule has 0 unspecified atom stereocenters. The number of hydrogen-bond acceptors (Lipinski definition) is 6. The summed E-state index contributed by atoms with van der Waals surface area (Å²) in [6, 6.07) is 19.3. The lowest BCUT2D eigenvalue weighted by Gasteiger charge is -2.35. The van der Waals surface area contributed by atoms with Gasteiger partial charge in [-0.25, -0.2) is 4.98 Å². The fraction of sp³-hybridized carbons (Fsp3) is 0.250. The highest BCUT2D eigenvalue weighted by Gasteiger charge is 2.19. The first kappa shape index (κ1) is 27.2. The number of fused-ring (bicyclic) bond motifs is 1. The third-order valence-corrected chi connectivity index (χ3v) is 7.89. The number of anilines is 2. The quantitative estimate of drug-likeness (QED) is 0.311. The molecule has 0 radical (unpaired) electrons. The molecular weight excluding hydrogens is 528 g/mol. The number of pyridine rings is 1. The van der Waals surface area contributed by atoms with Crippen LogP contribution in [0.5, 0.6) is 0 Å². The van der Waals surface area contributed by atoms with Gasteiger partial charge in [0.1, 0.15) is 11.3 Å². The van der Waals surface area contributed by atoms with E-state index in [2.05, 4.69) is 49.7 Å². The molecule has 1 saturated heterocycles. The van der Waals surface area contributed by atoms with Gasteiger partial charge in [-0.05, 0) is 61.5 Å². The molecule has 0 saturated carbocycles. The SMILES string of the molecule is Cc1ccc(C(=O)NCc2ccccc2N2CCN(C)CC2)cc1NC(=O)c1cnc2cc(-c3ccnn3C)ccn12. The Balaban J connectivity index is 1.15. The standard InChI is InChI=1S/C32H34N8O2/c1-22-8-9-24(31(41)34-20-25-6-4-5-7-28(25)39-16-14-37(2)15-17-39)18-26(22)36-32(42)29-21-33-30-19-23(11-13-40(29)30)27-10-12-35-38(27)3/h4-13,18-19,21H,14-17,20H2,1-3H3,(H,34,41)(H,36,42). The van der Waals surface area contributed by atoms with E-state index >= 15 is 0 Å². The largest absolute Gasteiger partial charge is 0.369 e. The number of nitrogens with zero attached hydrogens (tertiary/aromatic N) is 6. The Morgan fingerprint density at radius 1 is 0.929 bits per heavy atom. The van der Waals surface area contributed by atoms with Crippen molar-refractivity contribution in [1.29, 1.82) is 0 Å². The minimum absolute atomic E-state index is 0.198. The van der Waals surface area contributed by atoms with E-state index in [0.717, 1.165) is 54.3 Å². The summed E-state index contributed by atoms with van der Waals surface area (Å²) in [4.78, 5) is 35.7. The van der Waals surface area contributed by atoms with Crippen LogP contribution in [0, 0.1) is 6.92 Å². The van der Waals surface area contributed by atoms with Crippen molar-refractivity contribution >= 4 is 28.8 Å². The Labute approximate surface area is 244 Å². The maximum absolute atomic E-state index is 13.3. The number of nitrogens with one attached hydrogen (secondary N) is 2. The van der Waals surface area contributed by atoms with Crippen molar-refractivity contribution < 1.29 is 9.59 Å². The van der Waals surface area contributed by atoms with Crippen LogP contribution in [0.15, 0.2) is 79.3 Å². The zero-order chi connectivity index (χ0) is 29.2. The second kappa shape index (κ2) is 11.5. The highest BCUT2D eigenvalue weighted by Crippen LogP contribution is 2.24. The zero-order valence-electron chi connectivity index (χ0n) is 24.0. The van der Waals surface area contributed by atoms with Crippen LogP contribution in [0.1, 0.15) is 32.0 Å². The number of rotatable bonds is 7. The van der Waals surface area contributed by atoms with Crippen LogP contribution in [0.3, 0.4) is 0 Å². The number of para-hydroxylation sites is 1. The number of amides is 2. The molecule has 42 heavy (non-hydrogen) atoms. The third-order valence-electron chi connectivity index (χ3n) is 7.89. The Hall–Kier alpha value is -4.96. The minimum atomic E-state index is -0.308. The summed E-state index contributed by atoms with van der Waals surface area (Å²) in [5.41, 5.74) is 7.11. The molecular formula is C32H34N8O2. The van der Waals surface area contributed by atoms with Crippen LogP contribution in [0.2, 0.25) is 0 Å². The lowest BCUT2D eigenvalue weighted by molar-refractivity contribution is 0.0949. The Kier molecular flexibility index (Phi) is 7.45. The Bertz CT molecular complexity index is 1760.